The molecule has 0 atom stereocenters. The highest BCUT2D eigenvalue weighted by Crippen LogP contribution is 2.30. The van der Waals surface area contributed by atoms with Crippen LogP contribution in [0.1, 0.15) is 5.69 Å². The third kappa shape index (κ3) is 3.34. The van der Waals surface area contributed by atoms with Gasteiger partial charge in [0.05, 0.1) is 0 Å². The normalized spacial score (nSPS) is 11.2. The fourth-order valence-electron chi connectivity index (χ4n) is 1.48. The SMILES string of the molecule is CNc1nc(Nc2cccc(F)c2)cc(C(F)(F)F)n1. The Hall–Kier alpha value is -2.38. The van der Waals surface area contributed by atoms with Crippen molar-refractivity contribution in [1.29, 1.82) is 0 Å². The minimum Gasteiger partial charge on any atom is -0.357 e. The van der Waals surface area contributed by atoms with E-state index < -0.39 is 17.7 Å². The van der Waals surface area contributed by atoms with Gasteiger partial charge < -0.3 is 10.6 Å². The van der Waals surface area contributed by atoms with E-state index in [9.17, 15) is 17.6 Å². The average molecular weight is 286 g/mol. The summed E-state index contributed by atoms with van der Waals surface area (Å²) in [7, 11) is 1.40. The Morgan fingerprint density at radius 3 is 2.45 bits per heavy atom. The molecule has 4 nitrogen and oxygen atoms in total. The molecule has 0 fully saturated rings. The van der Waals surface area contributed by atoms with Gasteiger partial charge in [-0.05, 0) is 18.2 Å². The molecule has 1 aromatic carbocycles. The molecular weight excluding hydrogens is 276 g/mol. The van der Waals surface area contributed by atoms with E-state index in [0.717, 1.165) is 12.1 Å². The molecule has 0 amide bonds. The van der Waals surface area contributed by atoms with Crippen molar-refractivity contribution in [1.82, 2.24) is 9.97 Å². The number of rotatable bonds is 3. The predicted molar refractivity (Wildman–Crippen MR) is 66.3 cm³/mol. The Morgan fingerprint density at radius 1 is 1.10 bits per heavy atom. The molecule has 1 aromatic heterocycles. The smallest absolute Gasteiger partial charge is 0.357 e. The number of nitrogens with one attached hydrogen (secondary N) is 2. The van der Waals surface area contributed by atoms with Crippen LogP contribution in [0.25, 0.3) is 0 Å². The van der Waals surface area contributed by atoms with Crippen molar-refractivity contribution in [2.75, 3.05) is 17.7 Å². The van der Waals surface area contributed by atoms with Gasteiger partial charge in [0.1, 0.15) is 11.6 Å². The summed E-state index contributed by atoms with van der Waals surface area (Å²) >= 11 is 0. The molecule has 0 radical (unpaired) electrons. The molecule has 2 N–H and O–H groups in total. The van der Waals surface area contributed by atoms with E-state index in [2.05, 4.69) is 20.6 Å². The number of alkyl halides is 3. The quantitative estimate of drug-likeness (QED) is 0.849. The van der Waals surface area contributed by atoms with E-state index in [1.165, 1.54) is 25.2 Å². The van der Waals surface area contributed by atoms with Gasteiger partial charge in [-0.2, -0.15) is 18.2 Å². The third-order valence-corrected chi connectivity index (χ3v) is 2.34. The summed E-state index contributed by atoms with van der Waals surface area (Å²) in [5.74, 6) is -0.769. The lowest BCUT2D eigenvalue weighted by molar-refractivity contribution is -0.141. The van der Waals surface area contributed by atoms with Crippen LogP contribution in [0.3, 0.4) is 0 Å². The van der Waals surface area contributed by atoms with E-state index >= 15 is 0 Å². The van der Waals surface area contributed by atoms with Crippen molar-refractivity contribution in [3.8, 4) is 0 Å². The maximum absolute atomic E-state index is 13.0. The first-order valence-corrected chi connectivity index (χ1v) is 5.55. The summed E-state index contributed by atoms with van der Waals surface area (Å²) in [4.78, 5) is 7.16. The monoisotopic (exact) mass is 286 g/mol. The second-order valence-electron chi connectivity index (χ2n) is 3.85. The lowest BCUT2D eigenvalue weighted by atomic mass is 10.3. The molecule has 0 spiro atoms. The molecule has 0 aliphatic carbocycles. The number of halogens is 4. The van der Waals surface area contributed by atoms with Crippen LogP contribution in [0, 0.1) is 5.82 Å². The van der Waals surface area contributed by atoms with E-state index in [1.807, 2.05) is 0 Å². The first-order valence-electron chi connectivity index (χ1n) is 5.55. The lowest BCUT2D eigenvalue weighted by Crippen LogP contribution is -2.12. The maximum Gasteiger partial charge on any atom is 0.433 e. The summed E-state index contributed by atoms with van der Waals surface area (Å²) in [5.41, 5.74) is -0.797. The molecule has 0 saturated carbocycles. The van der Waals surface area contributed by atoms with Crippen LogP contribution in [0.15, 0.2) is 30.3 Å². The molecule has 2 rings (SSSR count). The summed E-state index contributed by atoms with van der Waals surface area (Å²) in [5, 5.41) is 5.04. The number of hydrogen-bond acceptors (Lipinski definition) is 4. The average Bonchev–Trinajstić information content (AvgIpc) is 2.37. The molecule has 106 valence electrons. The molecule has 20 heavy (non-hydrogen) atoms. The van der Waals surface area contributed by atoms with Gasteiger partial charge in [-0.25, -0.2) is 9.37 Å². The zero-order valence-electron chi connectivity index (χ0n) is 10.3. The van der Waals surface area contributed by atoms with Gasteiger partial charge >= 0.3 is 6.18 Å². The van der Waals surface area contributed by atoms with Crippen LogP contribution in [0.4, 0.5) is 35.0 Å². The van der Waals surface area contributed by atoms with Crippen molar-refractivity contribution in [2.45, 2.75) is 6.18 Å². The number of anilines is 3. The second-order valence-corrected chi connectivity index (χ2v) is 3.85. The minimum atomic E-state index is -4.59. The van der Waals surface area contributed by atoms with Crippen molar-refractivity contribution < 1.29 is 17.6 Å². The van der Waals surface area contributed by atoms with Crippen molar-refractivity contribution in [2.24, 2.45) is 0 Å². The molecular formula is C12H10F4N4. The Morgan fingerprint density at radius 2 is 1.85 bits per heavy atom. The van der Waals surface area contributed by atoms with Gasteiger partial charge in [0.2, 0.25) is 5.95 Å². The Kier molecular flexibility index (Phi) is 3.73. The number of benzene rings is 1. The van der Waals surface area contributed by atoms with E-state index in [0.29, 0.717) is 5.69 Å². The second kappa shape index (κ2) is 5.32. The molecule has 0 aliphatic heterocycles. The standard InChI is InChI=1S/C12H10F4N4/c1-17-11-19-9(12(14,15)16)6-10(20-11)18-8-4-2-3-7(13)5-8/h2-6H,1H3,(H2,17,18,19,20). The largest absolute Gasteiger partial charge is 0.433 e. The fourth-order valence-corrected chi connectivity index (χ4v) is 1.48. The van der Waals surface area contributed by atoms with Crippen LogP contribution >= 0.6 is 0 Å². The summed E-state index contributed by atoms with van der Waals surface area (Å²) in [6.07, 6.45) is -4.59. The van der Waals surface area contributed by atoms with Gasteiger partial charge in [-0.3, -0.25) is 0 Å². The summed E-state index contributed by atoms with van der Waals surface area (Å²) in [6.45, 7) is 0. The topological polar surface area (TPSA) is 49.8 Å². The summed E-state index contributed by atoms with van der Waals surface area (Å²) < 4.78 is 51.1. The van der Waals surface area contributed by atoms with Crippen molar-refractivity contribution in [3.63, 3.8) is 0 Å². The van der Waals surface area contributed by atoms with Crippen LogP contribution in [0.5, 0.6) is 0 Å². The van der Waals surface area contributed by atoms with Crippen molar-refractivity contribution in [3.05, 3.63) is 41.8 Å². The molecule has 1 heterocycles. The van der Waals surface area contributed by atoms with Crippen molar-refractivity contribution >= 4 is 17.5 Å². The molecule has 2 aromatic rings. The Balaban J connectivity index is 2.36. The zero-order valence-corrected chi connectivity index (χ0v) is 10.3. The Labute approximate surface area is 111 Å². The van der Waals surface area contributed by atoms with Crippen LogP contribution < -0.4 is 10.6 Å². The zero-order chi connectivity index (χ0) is 14.8. The number of hydrogen-bond donors (Lipinski definition) is 2. The predicted octanol–water partition coefficient (Wildman–Crippen LogP) is 3.42. The first kappa shape index (κ1) is 14.0. The van der Waals surface area contributed by atoms with E-state index in [-0.39, 0.29) is 11.8 Å². The van der Waals surface area contributed by atoms with Gasteiger partial charge in [0.15, 0.2) is 5.69 Å². The summed E-state index contributed by atoms with van der Waals surface area (Å²) in [6, 6.07) is 6.07. The third-order valence-electron chi connectivity index (χ3n) is 2.34. The minimum absolute atomic E-state index is 0.0812. The number of nitrogens with zero attached hydrogens (tertiary/aromatic N) is 2. The van der Waals surface area contributed by atoms with Gasteiger partial charge in [0.25, 0.3) is 0 Å². The van der Waals surface area contributed by atoms with E-state index in [4.69, 9.17) is 0 Å². The highest BCUT2D eigenvalue weighted by atomic mass is 19.4. The number of aromatic nitrogens is 2. The molecule has 0 aliphatic rings. The van der Waals surface area contributed by atoms with Crippen LogP contribution in [0.2, 0.25) is 0 Å². The first-order chi connectivity index (χ1) is 9.38. The Bertz CT molecular complexity index is 613. The molecule has 8 heteroatoms. The molecule has 0 unspecified atom stereocenters. The molecule has 0 bridgehead atoms. The van der Waals surface area contributed by atoms with Gasteiger partial charge in [-0.1, -0.05) is 6.07 Å². The van der Waals surface area contributed by atoms with Crippen LogP contribution in [-0.4, -0.2) is 17.0 Å². The fraction of sp³-hybridized carbons (Fsp3) is 0.167. The highest BCUT2D eigenvalue weighted by Gasteiger charge is 2.33. The van der Waals surface area contributed by atoms with Gasteiger partial charge in [0, 0.05) is 18.8 Å². The van der Waals surface area contributed by atoms with E-state index in [1.54, 1.807) is 0 Å². The van der Waals surface area contributed by atoms with Gasteiger partial charge in [-0.15, -0.1) is 0 Å². The highest BCUT2D eigenvalue weighted by molar-refractivity contribution is 5.57. The molecule has 0 saturated heterocycles. The maximum atomic E-state index is 13.0. The van der Waals surface area contributed by atoms with Crippen LogP contribution in [-0.2, 0) is 6.18 Å². The lowest BCUT2D eigenvalue weighted by Gasteiger charge is -2.11.